The van der Waals surface area contributed by atoms with Crippen molar-refractivity contribution in [3.63, 3.8) is 0 Å². The summed E-state index contributed by atoms with van der Waals surface area (Å²) in [6.45, 7) is 0.540. The zero-order valence-corrected chi connectivity index (χ0v) is 12.4. The average molecular weight is 313 g/mol. The second-order valence-electron chi connectivity index (χ2n) is 4.49. The van der Waals surface area contributed by atoms with Crippen LogP contribution in [0.2, 0.25) is 10.0 Å². The summed E-state index contributed by atoms with van der Waals surface area (Å²) in [4.78, 5) is 0. The summed E-state index contributed by atoms with van der Waals surface area (Å²) in [5.74, 6) is 0.336. The van der Waals surface area contributed by atoms with Gasteiger partial charge in [0.25, 0.3) is 0 Å². The van der Waals surface area contributed by atoms with Crippen molar-refractivity contribution in [1.29, 1.82) is 0 Å². The first-order chi connectivity index (χ1) is 9.66. The van der Waals surface area contributed by atoms with E-state index in [1.165, 1.54) is 6.07 Å². The molecule has 0 saturated carbocycles. The van der Waals surface area contributed by atoms with Crippen molar-refractivity contribution < 1.29 is 9.13 Å². The zero-order valence-electron chi connectivity index (χ0n) is 10.9. The molecule has 0 heterocycles. The third-order valence-electron chi connectivity index (χ3n) is 2.91. The van der Waals surface area contributed by atoms with Crippen LogP contribution in [0.15, 0.2) is 42.5 Å². The van der Waals surface area contributed by atoms with E-state index in [1.807, 2.05) is 6.07 Å². The molecular formula is C16H15Cl2FO. The molecule has 0 unspecified atom stereocenters. The van der Waals surface area contributed by atoms with Gasteiger partial charge in [0.15, 0.2) is 5.75 Å². The molecule has 1 nitrogen and oxygen atoms in total. The molecule has 20 heavy (non-hydrogen) atoms. The van der Waals surface area contributed by atoms with Gasteiger partial charge in [0.05, 0.1) is 16.7 Å². The summed E-state index contributed by atoms with van der Waals surface area (Å²) in [6, 6.07) is 11.9. The highest BCUT2D eigenvalue weighted by Gasteiger charge is 2.06. The van der Waals surface area contributed by atoms with Crippen molar-refractivity contribution in [3.05, 3.63) is 63.9 Å². The van der Waals surface area contributed by atoms with Crippen LogP contribution in [0.4, 0.5) is 4.39 Å². The highest BCUT2D eigenvalue weighted by Crippen LogP contribution is 2.32. The first kappa shape index (κ1) is 15.1. The molecular weight excluding hydrogens is 298 g/mol. The summed E-state index contributed by atoms with van der Waals surface area (Å²) in [7, 11) is 0. The molecule has 0 spiro atoms. The Morgan fingerprint density at radius 1 is 0.950 bits per heavy atom. The summed E-state index contributed by atoms with van der Waals surface area (Å²) >= 11 is 12.0. The van der Waals surface area contributed by atoms with Crippen molar-refractivity contribution in [3.8, 4) is 5.75 Å². The first-order valence-corrected chi connectivity index (χ1v) is 7.23. The Labute approximate surface area is 128 Å². The lowest BCUT2D eigenvalue weighted by atomic mass is 10.1. The molecule has 4 heteroatoms. The molecule has 0 aromatic heterocycles. The van der Waals surface area contributed by atoms with Crippen LogP contribution in [0.25, 0.3) is 0 Å². The standard InChI is InChI=1S/C16H15Cl2FO/c17-14-8-4-9-15(18)16(14)20-10-2-1-5-12-6-3-7-13(19)11-12/h3-4,6-9,11H,1-2,5,10H2. The van der Waals surface area contributed by atoms with Gasteiger partial charge in [-0.1, -0.05) is 41.4 Å². The highest BCUT2D eigenvalue weighted by atomic mass is 35.5. The van der Waals surface area contributed by atoms with Crippen LogP contribution in [-0.2, 0) is 6.42 Å². The fourth-order valence-corrected chi connectivity index (χ4v) is 2.42. The van der Waals surface area contributed by atoms with Gasteiger partial charge in [-0.3, -0.25) is 0 Å². The predicted molar refractivity (Wildman–Crippen MR) is 81.3 cm³/mol. The Kier molecular flexibility index (Phi) is 5.69. The van der Waals surface area contributed by atoms with Crippen molar-refractivity contribution in [2.24, 2.45) is 0 Å². The topological polar surface area (TPSA) is 9.23 Å². The van der Waals surface area contributed by atoms with Crippen molar-refractivity contribution in [2.45, 2.75) is 19.3 Å². The number of halogens is 3. The third kappa shape index (κ3) is 4.39. The Balaban J connectivity index is 1.74. The molecule has 0 amide bonds. The maximum atomic E-state index is 13.0. The predicted octanol–water partition coefficient (Wildman–Crippen LogP) is 5.53. The molecule has 0 fully saturated rings. The van der Waals surface area contributed by atoms with Crippen molar-refractivity contribution in [2.75, 3.05) is 6.61 Å². The number of benzene rings is 2. The van der Waals surface area contributed by atoms with Gasteiger partial charge in [-0.15, -0.1) is 0 Å². The molecule has 0 saturated heterocycles. The van der Waals surface area contributed by atoms with Gasteiger partial charge in [-0.05, 0) is 49.1 Å². The summed E-state index contributed by atoms with van der Waals surface area (Å²) in [6.07, 6.45) is 2.61. The average Bonchev–Trinajstić information content (AvgIpc) is 2.41. The normalized spacial score (nSPS) is 10.6. The van der Waals surface area contributed by atoms with Crippen molar-refractivity contribution in [1.82, 2.24) is 0 Å². The Bertz CT molecular complexity index is 552. The van der Waals surface area contributed by atoms with Crippen LogP contribution in [-0.4, -0.2) is 6.61 Å². The van der Waals surface area contributed by atoms with Crippen molar-refractivity contribution >= 4 is 23.2 Å². The van der Waals surface area contributed by atoms with Crippen LogP contribution >= 0.6 is 23.2 Å². The maximum Gasteiger partial charge on any atom is 0.156 e. The summed E-state index contributed by atoms with van der Waals surface area (Å²) < 4.78 is 18.6. The van der Waals surface area contributed by atoms with Gasteiger partial charge in [-0.2, -0.15) is 0 Å². The quantitative estimate of drug-likeness (QED) is 0.637. The Hall–Kier alpha value is -1.25. The number of hydrogen-bond acceptors (Lipinski definition) is 1. The molecule has 106 valence electrons. The third-order valence-corrected chi connectivity index (χ3v) is 3.51. The molecule has 2 aromatic rings. The van der Waals surface area contributed by atoms with E-state index in [4.69, 9.17) is 27.9 Å². The van der Waals surface area contributed by atoms with Crippen LogP contribution in [0.5, 0.6) is 5.75 Å². The molecule has 2 aromatic carbocycles. The van der Waals surface area contributed by atoms with E-state index >= 15 is 0 Å². The lowest BCUT2D eigenvalue weighted by Gasteiger charge is -2.09. The fourth-order valence-electron chi connectivity index (χ4n) is 1.92. The number of ether oxygens (including phenoxy) is 1. The molecule has 0 atom stereocenters. The summed E-state index contributed by atoms with van der Waals surface area (Å²) in [5.41, 5.74) is 1.00. The minimum absolute atomic E-state index is 0.193. The van der Waals surface area contributed by atoms with E-state index in [1.54, 1.807) is 30.3 Å². The monoisotopic (exact) mass is 312 g/mol. The van der Waals surface area contributed by atoms with E-state index < -0.39 is 0 Å². The van der Waals surface area contributed by atoms with Gasteiger partial charge >= 0.3 is 0 Å². The van der Waals surface area contributed by atoms with E-state index in [0.29, 0.717) is 22.4 Å². The second-order valence-corrected chi connectivity index (χ2v) is 5.30. The smallest absolute Gasteiger partial charge is 0.156 e. The largest absolute Gasteiger partial charge is 0.490 e. The minimum atomic E-state index is -0.193. The molecule has 2 rings (SSSR count). The first-order valence-electron chi connectivity index (χ1n) is 6.48. The van der Waals surface area contributed by atoms with E-state index in [2.05, 4.69) is 0 Å². The Morgan fingerprint density at radius 2 is 1.65 bits per heavy atom. The minimum Gasteiger partial charge on any atom is -0.490 e. The zero-order chi connectivity index (χ0) is 14.4. The van der Waals surface area contributed by atoms with Gasteiger partial charge in [0.1, 0.15) is 5.82 Å². The van der Waals surface area contributed by atoms with Crippen LogP contribution in [0.1, 0.15) is 18.4 Å². The second kappa shape index (κ2) is 7.51. The Morgan fingerprint density at radius 3 is 2.35 bits per heavy atom. The molecule has 0 N–H and O–H groups in total. The van der Waals surface area contributed by atoms with E-state index in [-0.39, 0.29) is 5.82 Å². The van der Waals surface area contributed by atoms with Crippen LogP contribution in [0, 0.1) is 5.82 Å². The molecule has 0 bridgehead atoms. The highest BCUT2D eigenvalue weighted by molar-refractivity contribution is 6.37. The molecule has 0 radical (unpaired) electrons. The molecule has 0 aliphatic carbocycles. The molecule has 0 aliphatic rings. The number of hydrogen-bond donors (Lipinski definition) is 0. The van der Waals surface area contributed by atoms with Gasteiger partial charge in [0, 0.05) is 0 Å². The maximum absolute atomic E-state index is 13.0. The van der Waals surface area contributed by atoms with Gasteiger partial charge in [0.2, 0.25) is 0 Å². The SMILES string of the molecule is Fc1cccc(CCCCOc2c(Cl)cccc2Cl)c1. The lowest BCUT2D eigenvalue weighted by Crippen LogP contribution is -1.99. The fraction of sp³-hybridized carbons (Fsp3) is 0.250. The number of para-hydroxylation sites is 1. The number of rotatable bonds is 6. The number of unbranched alkanes of at least 4 members (excludes halogenated alkanes) is 1. The van der Waals surface area contributed by atoms with Gasteiger partial charge < -0.3 is 4.74 Å². The molecule has 0 aliphatic heterocycles. The van der Waals surface area contributed by atoms with Crippen LogP contribution in [0.3, 0.4) is 0 Å². The lowest BCUT2D eigenvalue weighted by molar-refractivity contribution is 0.307. The van der Waals surface area contributed by atoms with E-state index in [9.17, 15) is 4.39 Å². The van der Waals surface area contributed by atoms with Crippen LogP contribution < -0.4 is 4.74 Å². The summed E-state index contributed by atoms with van der Waals surface area (Å²) in [5, 5.41) is 1.03. The van der Waals surface area contributed by atoms with Gasteiger partial charge in [-0.25, -0.2) is 4.39 Å². The van der Waals surface area contributed by atoms with E-state index in [0.717, 1.165) is 24.8 Å². The number of aryl methyl sites for hydroxylation is 1.